The van der Waals surface area contributed by atoms with Crippen LogP contribution in [-0.4, -0.2) is 29.9 Å². The summed E-state index contributed by atoms with van der Waals surface area (Å²) < 4.78 is 0. The van der Waals surface area contributed by atoms with E-state index in [4.69, 9.17) is 11.6 Å². The first-order valence-corrected chi connectivity index (χ1v) is 10.9. The highest BCUT2D eigenvalue weighted by atomic mass is 35.5. The number of benzene rings is 3. The Kier molecular flexibility index (Phi) is 6.51. The maximum absolute atomic E-state index is 13.5. The second-order valence-electron chi connectivity index (χ2n) is 7.98. The molecule has 30 heavy (non-hydrogen) atoms. The molecule has 1 saturated heterocycles. The number of carbonyl (C=O) groups is 1. The quantitative estimate of drug-likeness (QED) is 0.510. The fourth-order valence-corrected chi connectivity index (χ4v) is 4.32. The molecule has 154 valence electrons. The summed E-state index contributed by atoms with van der Waals surface area (Å²) in [6.07, 6.45) is 1.88. The number of amides is 1. The first kappa shape index (κ1) is 20.6. The van der Waals surface area contributed by atoms with Crippen LogP contribution >= 0.6 is 11.6 Å². The van der Waals surface area contributed by atoms with Gasteiger partial charge in [-0.15, -0.1) is 0 Å². The zero-order chi connectivity index (χ0) is 20.9. The molecular weight excluding hydrogens is 392 g/mol. The van der Waals surface area contributed by atoms with Gasteiger partial charge in [0.25, 0.3) is 5.91 Å². The van der Waals surface area contributed by atoms with Gasteiger partial charge in [0.1, 0.15) is 0 Å². The van der Waals surface area contributed by atoms with Crippen molar-refractivity contribution in [2.24, 2.45) is 0 Å². The molecule has 1 amide bonds. The molecule has 3 aromatic rings. The van der Waals surface area contributed by atoms with Crippen LogP contribution in [0.1, 0.15) is 34.3 Å². The number of carbonyl (C=O) groups excluding carboxylic acids is 1. The first-order chi connectivity index (χ1) is 14.6. The molecule has 0 bridgehead atoms. The van der Waals surface area contributed by atoms with Gasteiger partial charge in [-0.25, -0.2) is 0 Å². The Morgan fingerprint density at radius 3 is 2.23 bits per heavy atom. The normalized spacial score (nSPS) is 15.1. The fourth-order valence-electron chi connectivity index (χ4n) is 4.12. The van der Waals surface area contributed by atoms with E-state index in [2.05, 4.69) is 11.0 Å². The molecule has 0 aromatic heterocycles. The number of anilines is 1. The number of aryl methyl sites for hydroxylation is 1. The van der Waals surface area contributed by atoms with Gasteiger partial charge >= 0.3 is 0 Å². The van der Waals surface area contributed by atoms with Crippen molar-refractivity contribution in [1.82, 2.24) is 4.90 Å². The van der Waals surface area contributed by atoms with Crippen LogP contribution in [0.2, 0.25) is 5.02 Å². The second-order valence-corrected chi connectivity index (χ2v) is 8.38. The van der Waals surface area contributed by atoms with Gasteiger partial charge in [-0.1, -0.05) is 65.7 Å². The fraction of sp³-hybridized carbons (Fsp3) is 0.269. The van der Waals surface area contributed by atoms with Gasteiger partial charge in [-0.2, -0.15) is 0 Å². The van der Waals surface area contributed by atoms with Crippen molar-refractivity contribution >= 4 is 23.2 Å². The summed E-state index contributed by atoms with van der Waals surface area (Å²) in [4.78, 5) is 17.9. The third kappa shape index (κ3) is 4.75. The summed E-state index contributed by atoms with van der Waals surface area (Å²) in [5, 5.41) is 0.820. The third-order valence-electron chi connectivity index (χ3n) is 5.83. The molecule has 4 rings (SSSR count). The minimum atomic E-state index is 0.0748. The molecule has 3 aromatic carbocycles. The minimum Gasteiger partial charge on any atom is -0.305 e. The van der Waals surface area contributed by atoms with Crippen LogP contribution in [0.15, 0.2) is 78.9 Å². The maximum atomic E-state index is 13.5. The number of hydrogen-bond acceptors (Lipinski definition) is 2. The largest absolute Gasteiger partial charge is 0.305 e. The van der Waals surface area contributed by atoms with Crippen molar-refractivity contribution in [2.45, 2.75) is 32.4 Å². The van der Waals surface area contributed by atoms with E-state index in [0.717, 1.165) is 59.9 Å². The van der Waals surface area contributed by atoms with Crippen LogP contribution in [0.3, 0.4) is 0 Å². The van der Waals surface area contributed by atoms with Crippen molar-refractivity contribution in [2.75, 3.05) is 18.0 Å². The zero-order valence-electron chi connectivity index (χ0n) is 17.3. The monoisotopic (exact) mass is 418 g/mol. The van der Waals surface area contributed by atoms with E-state index >= 15 is 0 Å². The van der Waals surface area contributed by atoms with Crippen LogP contribution < -0.4 is 4.90 Å². The second kappa shape index (κ2) is 9.46. The molecule has 0 aliphatic carbocycles. The van der Waals surface area contributed by atoms with Crippen LogP contribution in [0.25, 0.3) is 0 Å². The van der Waals surface area contributed by atoms with E-state index < -0.39 is 0 Å². The van der Waals surface area contributed by atoms with Crippen molar-refractivity contribution in [1.29, 1.82) is 0 Å². The molecular formula is C26H27ClN2O. The number of nitrogens with zero attached hydrogens (tertiary/aromatic N) is 2. The highest BCUT2D eigenvalue weighted by Gasteiger charge is 2.30. The summed E-state index contributed by atoms with van der Waals surface area (Å²) in [5.41, 5.74) is 4.02. The zero-order valence-corrected chi connectivity index (χ0v) is 18.1. The van der Waals surface area contributed by atoms with Crippen molar-refractivity contribution in [3.8, 4) is 0 Å². The van der Waals surface area contributed by atoms with Gasteiger partial charge in [0.2, 0.25) is 0 Å². The predicted octanol–water partition coefficient (Wildman–Crippen LogP) is 5.96. The molecule has 1 aliphatic heterocycles. The van der Waals surface area contributed by atoms with Gasteiger partial charge < -0.3 is 4.90 Å². The average molecular weight is 419 g/mol. The van der Waals surface area contributed by atoms with E-state index in [9.17, 15) is 4.79 Å². The van der Waals surface area contributed by atoms with Crippen molar-refractivity contribution in [3.05, 3.63) is 101 Å². The van der Waals surface area contributed by atoms with Gasteiger partial charge in [0.15, 0.2) is 0 Å². The Bertz CT molecular complexity index is 979. The lowest BCUT2D eigenvalue weighted by Crippen LogP contribution is -2.47. The molecule has 1 aliphatic rings. The third-order valence-corrected chi connectivity index (χ3v) is 6.19. The lowest BCUT2D eigenvalue weighted by molar-refractivity contribution is 0.0958. The summed E-state index contributed by atoms with van der Waals surface area (Å²) in [7, 11) is 0. The van der Waals surface area contributed by atoms with Gasteiger partial charge in [-0.3, -0.25) is 9.69 Å². The summed E-state index contributed by atoms with van der Waals surface area (Å²) in [6.45, 7) is 4.78. The molecule has 3 nitrogen and oxygen atoms in total. The highest BCUT2D eigenvalue weighted by molar-refractivity contribution is 6.31. The van der Waals surface area contributed by atoms with Crippen LogP contribution in [0, 0.1) is 6.92 Å². The first-order valence-electron chi connectivity index (χ1n) is 10.5. The SMILES string of the molecule is Cc1ccc(C(=O)N(c2ccccc2)C2CCN(Cc3ccccc3Cl)CC2)cc1. The number of para-hydroxylation sites is 1. The smallest absolute Gasteiger partial charge is 0.258 e. The molecule has 4 heteroatoms. The highest BCUT2D eigenvalue weighted by Crippen LogP contribution is 2.27. The number of halogens is 1. The van der Waals surface area contributed by atoms with Crippen molar-refractivity contribution in [3.63, 3.8) is 0 Å². The Balaban J connectivity index is 1.50. The molecule has 0 radical (unpaired) electrons. The van der Waals surface area contributed by atoms with Gasteiger partial charge in [-0.05, 0) is 55.7 Å². The van der Waals surface area contributed by atoms with Crippen LogP contribution in [0.4, 0.5) is 5.69 Å². The number of rotatable bonds is 5. The Morgan fingerprint density at radius 1 is 0.933 bits per heavy atom. The van der Waals surface area contributed by atoms with Crippen molar-refractivity contribution < 1.29 is 4.79 Å². The number of hydrogen-bond donors (Lipinski definition) is 0. The van der Waals surface area contributed by atoms with Gasteiger partial charge in [0.05, 0.1) is 0 Å². The number of piperidine rings is 1. The number of likely N-dealkylation sites (tertiary alicyclic amines) is 1. The van der Waals surface area contributed by atoms with E-state index in [0.29, 0.717) is 0 Å². The Labute approximate surface area is 183 Å². The Morgan fingerprint density at radius 2 is 1.57 bits per heavy atom. The molecule has 0 spiro atoms. The molecule has 1 fully saturated rings. The summed E-state index contributed by atoms with van der Waals surface area (Å²) >= 11 is 6.34. The van der Waals surface area contributed by atoms with Crippen LogP contribution in [0.5, 0.6) is 0 Å². The lowest BCUT2D eigenvalue weighted by atomic mass is 10.00. The minimum absolute atomic E-state index is 0.0748. The van der Waals surface area contributed by atoms with Crippen LogP contribution in [-0.2, 0) is 6.54 Å². The van der Waals surface area contributed by atoms with Gasteiger partial charge in [0, 0.05) is 41.9 Å². The van der Waals surface area contributed by atoms with E-state index in [1.165, 1.54) is 0 Å². The molecule has 0 saturated carbocycles. The molecule has 0 atom stereocenters. The lowest BCUT2D eigenvalue weighted by Gasteiger charge is -2.38. The standard InChI is InChI=1S/C26H27ClN2O/c1-20-11-13-21(14-12-20)26(30)29(23-8-3-2-4-9-23)24-15-17-28(18-16-24)19-22-7-5-6-10-25(22)27/h2-14,24H,15-19H2,1H3. The van der Waals surface area contributed by atoms with E-state index in [1.807, 2.05) is 84.6 Å². The van der Waals surface area contributed by atoms with E-state index in [-0.39, 0.29) is 11.9 Å². The van der Waals surface area contributed by atoms with E-state index in [1.54, 1.807) is 0 Å². The summed E-state index contributed by atoms with van der Waals surface area (Å²) in [6, 6.07) is 26.1. The Hall–Kier alpha value is -2.62. The summed E-state index contributed by atoms with van der Waals surface area (Å²) in [5.74, 6) is 0.0748. The topological polar surface area (TPSA) is 23.6 Å². The molecule has 0 unspecified atom stereocenters. The predicted molar refractivity (Wildman–Crippen MR) is 124 cm³/mol. The average Bonchev–Trinajstić information content (AvgIpc) is 2.78. The molecule has 0 N–H and O–H groups in total. The molecule has 1 heterocycles. The maximum Gasteiger partial charge on any atom is 0.258 e.